The summed E-state index contributed by atoms with van der Waals surface area (Å²) in [7, 11) is -3.80. The van der Waals surface area contributed by atoms with Crippen LogP contribution in [0.1, 0.15) is 21.5 Å². The van der Waals surface area contributed by atoms with E-state index in [2.05, 4.69) is 5.32 Å². The third-order valence-corrected chi connectivity index (χ3v) is 7.95. The van der Waals surface area contributed by atoms with Gasteiger partial charge in [-0.25, -0.2) is 17.2 Å². The normalized spacial score (nSPS) is 13.5. The first kappa shape index (κ1) is 22.3. The Balaban J connectivity index is 1.60. The molecule has 1 aliphatic heterocycles. The molecule has 0 fully saturated rings. The molecule has 1 aliphatic rings. The first-order valence-corrected chi connectivity index (χ1v) is 12.3. The van der Waals surface area contributed by atoms with Gasteiger partial charge in [0, 0.05) is 34.9 Å². The Bertz CT molecular complexity index is 1260. The average Bonchev–Trinajstić information content (AvgIpc) is 2.78. The quantitative estimate of drug-likeness (QED) is 0.591. The van der Waals surface area contributed by atoms with Crippen LogP contribution in [0.25, 0.3) is 0 Å². The van der Waals surface area contributed by atoms with Gasteiger partial charge in [-0.3, -0.25) is 9.10 Å². The van der Waals surface area contributed by atoms with E-state index in [0.29, 0.717) is 17.0 Å². The zero-order valence-electron chi connectivity index (χ0n) is 17.1. The van der Waals surface area contributed by atoms with Gasteiger partial charge in [-0.2, -0.15) is 0 Å². The number of carbonyl (C=O) groups is 1. The van der Waals surface area contributed by atoms with Gasteiger partial charge in [0.2, 0.25) is 0 Å². The lowest BCUT2D eigenvalue weighted by Gasteiger charge is -2.30. The Morgan fingerprint density at radius 3 is 2.44 bits per heavy atom. The number of nitrogens with one attached hydrogen (secondary N) is 1. The molecule has 0 bridgehead atoms. The zero-order valence-corrected chi connectivity index (χ0v) is 18.8. The predicted molar refractivity (Wildman–Crippen MR) is 120 cm³/mol. The van der Waals surface area contributed by atoms with Crippen LogP contribution in [-0.4, -0.2) is 26.6 Å². The van der Waals surface area contributed by atoms with E-state index in [1.54, 1.807) is 37.3 Å². The van der Waals surface area contributed by atoms with Crippen LogP contribution in [0.4, 0.5) is 14.5 Å². The topological polar surface area (TPSA) is 66.5 Å². The number of carbonyl (C=O) groups excluding carboxylic acids is 1. The number of aryl methyl sites for hydroxylation is 1. The number of fused-ring (bicyclic) bond motifs is 1. The number of thioether (sulfide) groups is 1. The highest BCUT2D eigenvalue weighted by Gasteiger charge is 2.30. The predicted octanol–water partition coefficient (Wildman–Crippen LogP) is 4.50. The molecule has 0 radical (unpaired) electrons. The van der Waals surface area contributed by atoms with Crippen molar-refractivity contribution >= 4 is 33.4 Å². The average molecular weight is 475 g/mol. The highest BCUT2D eigenvalue weighted by atomic mass is 32.2. The summed E-state index contributed by atoms with van der Waals surface area (Å²) < 4.78 is 55.8. The Morgan fingerprint density at radius 1 is 1.06 bits per heavy atom. The lowest BCUT2D eigenvalue weighted by atomic mass is 10.1. The van der Waals surface area contributed by atoms with E-state index in [9.17, 15) is 22.0 Å². The lowest BCUT2D eigenvalue weighted by Crippen LogP contribution is -2.35. The van der Waals surface area contributed by atoms with Crippen molar-refractivity contribution in [3.63, 3.8) is 0 Å². The van der Waals surface area contributed by atoms with Crippen molar-refractivity contribution in [1.82, 2.24) is 5.32 Å². The van der Waals surface area contributed by atoms with Crippen molar-refractivity contribution in [2.24, 2.45) is 0 Å². The maximum Gasteiger partial charge on any atom is 0.264 e. The Kier molecular flexibility index (Phi) is 6.21. The Morgan fingerprint density at radius 2 is 1.75 bits per heavy atom. The zero-order chi connectivity index (χ0) is 22.9. The van der Waals surface area contributed by atoms with E-state index in [1.165, 1.54) is 46.4 Å². The largest absolute Gasteiger partial charge is 0.348 e. The molecule has 4 rings (SSSR count). The molecule has 32 heavy (non-hydrogen) atoms. The SMILES string of the molecule is Cc1cc(F)c(CNC(=O)c2ccc3c(c2)N(S(=O)(=O)c2ccccc2)CCS3)c(F)c1. The van der Waals surface area contributed by atoms with Crippen LogP contribution in [0.15, 0.2) is 70.5 Å². The number of anilines is 1. The molecular weight excluding hydrogens is 454 g/mol. The van der Waals surface area contributed by atoms with Crippen LogP contribution in [0.3, 0.4) is 0 Å². The van der Waals surface area contributed by atoms with E-state index < -0.39 is 27.6 Å². The first-order valence-electron chi connectivity index (χ1n) is 9.85. The molecule has 1 heterocycles. The number of sulfonamides is 1. The molecule has 0 aromatic heterocycles. The van der Waals surface area contributed by atoms with Crippen LogP contribution in [-0.2, 0) is 16.6 Å². The number of amides is 1. The molecular formula is C23H20F2N2O3S2. The fourth-order valence-corrected chi connectivity index (χ4v) is 6.12. The molecule has 0 saturated carbocycles. The van der Waals surface area contributed by atoms with Gasteiger partial charge < -0.3 is 5.32 Å². The van der Waals surface area contributed by atoms with Crippen molar-refractivity contribution in [2.75, 3.05) is 16.6 Å². The van der Waals surface area contributed by atoms with Gasteiger partial charge in [0.15, 0.2) is 0 Å². The van der Waals surface area contributed by atoms with Crippen LogP contribution in [0.5, 0.6) is 0 Å². The lowest BCUT2D eigenvalue weighted by molar-refractivity contribution is 0.0950. The van der Waals surface area contributed by atoms with E-state index in [4.69, 9.17) is 0 Å². The van der Waals surface area contributed by atoms with Gasteiger partial charge >= 0.3 is 0 Å². The van der Waals surface area contributed by atoms with Crippen LogP contribution in [0.2, 0.25) is 0 Å². The number of hydrogen-bond acceptors (Lipinski definition) is 4. The van der Waals surface area contributed by atoms with E-state index in [0.717, 1.165) is 4.90 Å². The van der Waals surface area contributed by atoms with Gasteiger partial charge in [0.25, 0.3) is 15.9 Å². The minimum absolute atomic E-state index is 0.165. The van der Waals surface area contributed by atoms with Gasteiger partial charge in [0.05, 0.1) is 10.6 Å². The van der Waals surface area contributed by atoms with Crippen LogP contribution >= 0.6 is 11.8 Å². The molecule has 1 amide bonds. The van der Waals surface area contributed by atoms with Gasteiger partial charge in [0.1, 0.15) is 11.6 Å². The molecule has 3 aromatic rings. The van der Waals surface area contributed by atoms with Gasteiger partial charge in [-0.15, -0.1) is 11.8 Å². The monoisotopic (exact) mass is 474 g/mol. The minimum atomic E-state index is -3.80. The maximum absolute atomic E-state index is 14.1. The molecule has 0 atom stereocenters. The van der Waals surface area contributed by atoms with E-state index in [-0.39, 0.29) is 29.1 Å². The number of rotatable bonds is 5. The van der Waals surface area contributed by atoms with Crippen LogP contribution < -0.4 is 9.62 Å². The number of nitrogens with zero attached hydrogens (tertiary/aromatic N) is 1. The van der Waals surface area contributed by atoms with Crippen molar-refractivity contribution in [1.29, 1.82) is 0 Å². The summed E-state index contributed by atoms with van der Waals surface area (Å²) in [5, 5.41) is 2.51. The van der Waals surface area contributed by atoms with Gasteiger partial charge in [-0.1, -0.05) is 18.2 Å². The fraction of sp³-hybridized carbons (Fsp3) is 0.174. The summed E-state index contributed by atoms with van der Waals surface area (Å²) in [5.74, 6) is -1.44. The smallest absolute Gasteiger partial charge is 0.264 e. The Labute approximate surface area is 189 Å². The summed E-state index contributed by atoms with van der Waals surface area (Å²) in [6, 6.07) is 15.3. The molecule has 0 saturated heterocycles. The third kappa shape index (κ3) is 4.35. The molecule has 0 spiro atoms. The second kappa shape index (κ2) is 8.91. The molecule has 1 N–H and O–H groups in total. The molecule has 5 nitrogen and oxygen atoms in total. The van der Waals surface area contributed by atoms with Gasteiger partial charge in [-0.05, 0) is 55.0 Å². The second-order valence-electron chi connectivity index (χ2n) is 7.31. The van der Waals surface area contributed by atoms with Crippen molar-refractivity contribution in [3.05, 3.63) is 89.0 Å². The Hall–Kier alpha value is -2.91. The van der Waals surface area contributed by atoms with E-state index >= 15 is 0 Å². The fourth-order valence-electron chi connectivity index (χ4n) is 3.47. The summed E-state index contributed by atoms with van der Waals surface area (Å²) in [6.45, 7) is 1.52. The van der Waals surface area contributed by atoms with E-state index in [1.807, 2.05) is 0 Å². The molecule has 166 valence electrons. The minimum Gasteiger partial charge on any atom is -0.348 e. The number of halogens is 2. The molecule has 9 heteroatoms. The highest BCUT2D eigenvalue weighted by Crippen LogP contribution is 2.38. The first-order chi connectivity index (χ1) is 15.3. The number of hydrogen-bond donors (Lipinski definition) is 1. The maximum atomic E-state index is 14.1. The highest BCUT2D eigenvalue weighted by molar-refractivity contribution is 8.00. The molecule has 0 unspecified atom stereocenters. The summed E-state index contributed by atoms with van der Waals surface area (Å²) in [5.41, 5.74) is 0.825. The summed E-state index contributed by atoms with van der Waals surface area (Å²) in [6.07, 6.45) is 0. The third-order valence-electron chi connectivity index (χ3n) is 5.08. The van der Waals surface area contributed by atoms with Crippen molar-refractivity contribution in [2.45, 2.75) is 23.3 Å². The second-order valence-corrected chi connectivity index (χ2v) is 10.3. The molecule has 3 aromatic carbocycles. The van der Waals surface area contributed by atoms with Crippen molar-refractivity contribution < 1.29 is 22.0 Å². The summed E-state index contributed by atoms with van der Waals surface area (Å²) >= 11 is 1.50. The molecule has 0 aliphatic carbocycles. The van der Waals surface area contributed by atoms with Crippen LogP contribution in [0, 0.1) is 18.6 Å². The number of benzene rings is 3. The van der Waals surface area contributed by atoms with Crippen molar-refractivity contribution in [3.8, 4) is 0 Å². The summed E-state index contributed by atoms with van der Waals surface area (Å²) in [4.78, 5) is 13.6. The standard InChI is InChI=1S/C23H20F2N2O3S2/c1-15-11-19(24)18(20(25)12-15)14-26-23(28)16-7-8-22-21(13-16)27(9-10-31-22)32(29,30)17-5-3-2-4-6-17/h2-8,11-13H,9-10,14H2,1H3,(H,26,28).